The maximum absolute atomic E-state index is 10.5. The SMILES string of the molecule is CCCC(COC)NCC(C)(O)c1ccccc1. The van der Waals surface area contributed by atoms with Gasteiger partial charge in [-0.05, 0) is 18.9 Å². The fourth-order valence-electron chi connectivity index (χ4n) is 2.04. The number of rotatable bonds is 8. The minimum atomic E-state index is -0.846. The first-order valence-electron chi connectivity index (χ1n) is 6.60. The van der Waals surface area contributed by atoms with Crippen LogP contribution in [0.3, 0.4) is 0 Å². The van der Waals surface area contributed by atoms with Crippen molar-refractivity contribution in [1.82, 2.24) is 5.32 Å². The van der Waals surface area contributed by atoms with E-state index >= 15 is 0 Å². The lowest BCUT2D eigenvalue weighted by Gasteiger charge is -2.27. The van der Waals surface area contributed by atoms with Gasteiger partial charge in [0.2, 0.25) is 0 Å². The van der Waals surface area contributed by atoms with Crippen molar-refractivity contribution in [3.8, 4) is 0 Å². The fraction of sp³-hybridized carbons (Fsp3) is 0.600. The molecule has 102 valence electrons. The van der Waals surface area contributed by atoms with Gasteiger partial charge in [-0.3, -0.25) is 0 Å². The molecule has 2 N–H and O–H groups in total. The quantitative estimate of drug-likeness (QED) is 0.745. The summed E-state index contributed by atoms with van der Waals surface area (Å²) >= 11 is 0. The molecule has 2 unspecified atom stereocenters. The van der Waals surface area contributed by atoms with E-state index in [-0.39, 0.29) is 0 Å². The zero-order valence-electron chi connectivity index (χ0n) is 11.6. The summed E-state index contributed by atoms with van der Waals surface area (Å²) in [5.74, 6) is 0. The fourth-order valence-corrected chi connectivity index (χ4v) is 2.04. The molecule has 0 aliphatic heterocycles. The van der Waals surface area contributed by atoms with Gasteiger partial charge in [-0.25, -0.2) is 0 Å². The monoisotopic (exact) mass is 251 g/mol. The van der Waals surface area contributed by atoms with Crippen LogP contribution in [0, 0.1) is 0 Å². The van der Waals surface area contributed by atoms with Crippen molar-refractivity contribution in [2.24, 2.45) is 0 Å². The van der Waals surface area contributed by atoms with Crippen LogP contribution < -0.4 is 5.32 Å². The third kappa shape index (κ3) is 4.77. The van der Waals surface area contributed by atoms with Crippen LogP contribution in [-0.4, -0.2) is 31.4 Å². The van der Waals surface area contributed by atoms with Gasteiger partial charge >= 0.3 is 0 Å². The first-order chi connectivity index (χ1) is 8.60. The van der Waals surface area contributed by atoms with Crippen LogP contribution in [0.5, 0.6) is 0 Å². The molecule has 0 aliphatic rings. The van der Waals surface area contributed by atoms with E-state index in [1.165, 1.54) is 0 Å². The van der Waals surface area contributed by atoms with Crippen LogP contribution in [0.25, 0.3) is 0 Å². The molecule has 0 amide bonds. The molecule has 0 spiro atoms. The standard InChI is InChI=1S/C15H25NO2/c1-4-8-14(11-18-3)16-12-15(2,17)13-9-6-5-7-10-13/h5-7,9-10,14,16-17H,4,8,11-12H2,1-3H3. The van der Waals surface area contributed by atoms with Gasteiger partial charge in [0.15, 0.2) is 0 Å². The molecule has 0 heterocycles. The van der Waals surface area contributed by atoms with Gasteiger partial charge in [-0.2, -0.15) is 0 Å². The van der Waals surface area contributed by atoms with Crippen LogP contribution in [0.2, 0.25) is 0 Å². The smallest absolute Gasteiger partial charge is 0.0992 e. The number of hydrogen-bond acceptors (Lipinski definition) is 3. The molecule has 0 radical (unpaired) electrons. The van der Waals surface area contributed by atoms with Crippen molar-refractivity contribution in [2.45, 2.75) is 38.3 Å². The number of benzene rings is 1. The number of hydrogen-bond donors (Lipinski definition) is 2. The molecule has 2 atom stereocenters. The Kier molecular flexibility index (Phi) is 6.33. The van der Waals surface area contributed by atoms with E-state index in [9.17, 15) is 5.11 Å². The van der Waals surface area contributed by atoms with Gasteiger partial charge in [0.1, 0.15) is 0 Å². The van der Waals surface area contributed by atoms with E-state index in [2.05, 4.69) is 12.2 Å². The van der Waals surface area contributed by atoms with Gasteiger partial charge in [0, 0.05) is 19.7 Å². The number of aliphatic hydroxyl groups is 1. The highest BCUT2D eigenvalue weighted by Gasteiger charge is 2.23. The molecular weight excluding hydrogens is 226 g/mol. The molecule has 3 nitrogen and oxygen atoms in total. The summed E-state index contributed by atoms with van der Waals surface area (Å²) in [4.78, 5) is 0. The lowest BCUT2D eigenvalue weighted by atomic mass is 9.95. The summed E-state index contributed by atoms with van der Waals surface area (Å²) in [6.07, 6.45) is 2.16. The molecule has 0 aromatic heterocycles. The molecule has 1 aromatic rings. The summed E-state index contributed by atoms with van der Waals surface area (Å²) in [5.41, 5.74) is 0.0891. The first-order valence-corrected chi connectivity index (χ1v) is 6.60. The topological polar surface area (TPSA) is 41.5 Å². The predicted molar refractivity (Wildman–Crippen MR) is 74.6 cm³/mol. The zero-order valence-corrected chi connectivity index (χ0v) is 11.6. The number of nitrogens with one attached hydrogen (secondary N) is 1. The third-order valence-electron chi connectivity index (χ3n) is 3.14. The van der Waals surface area contributed by atoms with Crippen molar-refractivity contribution < 1.29 is 9.84 Å². The van der Waals surface area contributed by atoms with Gasteiger partial charge in [-0.15, -0.1) is 0 Å². The lowest BCUT2D eigenvalue weighted by Crippen LogP contribution is -2.42. The van der Waals surface area contributed by atoms with Gasteiger partial charge < -0.3 is 15.2 Å². The van der Waals surface area contributed by atoms with E-state index in [0.717, 1.165) is 18.4 Å². The first kappa shape index (κ1) is 15.2. The number of methoxy groups -OCH3 is 1. The summed E-state index contributed by atoms with van der Waals surface area (Å²) in [7, 11) is 1.71. The van der Waals surface area contributed by atoms with E-state index in [0.29, 0.717) is 19.2 Å². The second-order valence-electron chi connectivity index (χ2n) is 4.96. The van der Waals surface area contributed by atoms with Crippen molar-refractivity contribution in [3.05, 3.63) is 35.9 Å². The summed E-state index contributed by atoms with van der Waals surface area (Å²) in [6, 6.07) is 10.1. The summed E-state index contributed by atoms with van der Waals surface area (Å²) in [6.45, 7) is 5.20. The molecule has 18 heavy (non-hydrogen) atoms. The highest BCUT2D eigenvalue weighted by atomic mass is 16.5. The van der Waals surface area contributed by atoms with Crippen LogP contribution in [0.1, 0.15) is 32.3 Å². The molecule has 0 aliphatic carbocycles. The van der Waals surface area contributed by atoms with Gasteiger partial charge in [0.05, 0.1) is 12.2 Å². The third-order valence-corrected chi connectivity index (χ3v) is 3.14. The molecule has 0 fully saturated rings. The summed E-state index contributed by atoms with van der Waals surface area (Å²) in [5, 5.41) is 13.9. The Morgan fingerprint density at radius 2 is 2.00 bits per heavy atom. The van der Waals surface area contributed by atoms with Crippen LogP contribution in [0.15, 0.2) is 30.3 Å². The van der Waals surface area contributed by atoms with Crippen molar-refractivity contribution in [2.75, 3.05) is 20.3 Å². The van der Waals surface area contributed by atoms with E-state index in [1.807, 2.05) is 37.3 Å². The average molecular weight is 251 g/mol. The minimum Gasteiger partial charge on any atom is -0.384 e. The van der Waals surface area contributed by atoms with Crippen molar-refractivity contribution >= 4 is 0 Å². The Morgan fingerprint density at radius 3 is 2.56 bits per heavy atom. The van der Waals surface area contributed by atoms with E-state index < -0.39 is 5.60 Å². The zero-order chi connectivity index (χ0) is 13.4. The molecule has 1 rings (SSSR count). The largest absolute Gasteiger partial charge is 0.384 e. The molecule has 1 aromatic carbocycles. The Morgan fingerprint density at radius 1 is 1.33 bits per heavy atom. The minimum absolute atomic E-state index is 0.301. The highest BCUT2D eigenvalue weighted by Crippen LogP contribution is 2.19. The second kappa shape index (κ2) is 7.52. The second-order valence-corrected chi connectivity index (χ2v) is 4.96. The predicted octanol–water partition coefficient (Wildman–Crippen LogP) is 2.30. The van der Waals surface area contributed by atoms with Crippen LogP contribution in [0.4, 0.5) is 0 Å². The molecule has 0 saturated carbocycles. The van der Waals surface area contributed by atoms with Gasteiger partial charge in [-0.1, -0.05) is 43.7 Å². The molecule has 3 heteroatoms. The van der Waals surface area contributed by atoms with Crippen molar-refractivity contribution in [3.63, 3.8) is 0 Å². The average Bonchev–Trinajstić information content (AvgIpc) is 2.38. The van der Waals surface area contributed by atoms with Gasteiger partial charge in [0.25, 0.3) is 0 Å². The molecule has 0 bridgehead atoms. The normalized spacial score (nSPS) is 16.2. The Balaban J connectivity index is 2.54. The number of ether oxygens (including phenoxy) is 1. The maximum Gasteiger partial charge on any atom is 0.0992 e. The molecular formula is C15H25NO2. The van der Waals surface area contributed by atoms with E-state index in [1.54, 1.807) is 7.11 Å². The highest BCUT2D eigenvalue weighted by molar-refractivity contribution is 5.21. The summed E-state index contributed by atoms with van der Waals surface area (Å²) < 4.78 is 5.18. The lowest BCUT2D eigenvalue weighted by molar-refractivity contribution is 0.0482. The van der Waals surface area contributed by atoms with Crippen LogP contribution >= 0.6 is 0 Å². The Hall–Kier alpha value is -0.900. The Bertz CT molecular complexity index is 319. The van der Waals surface area contributed by atoms with E-state index in [4.69, 9.17) is 4.74 Å². The molecule has 0 saturated heterocycles. The van der Waals surface area contributed by atoms with Crippen LogP contribution in [-0.2, 0) is 10.3 Å². The maximum atomic E-state index is 10.5. The van der Waals surface area contributed by atoms with Crippen molar-refractivity contribution in [1.29, 1.82) is 0 Å². The Labute approximate surface area is 110 Å².